The molecule has 0 aliphatic rings. The molecule has 0 bridgehead atoms. The second-order valence-electron chi connectivity index (χ2n) is 3.48. The minimum Gasteiger partial charge on any atom is -0.494 e. The Morgan fingerprint density at radius 1 is 1.31 bits per heavy atom. The van der Waals surface area contributed by atoms with Crippen LogP contribution < -0.4 is 10.5 Å². The van der Waals surface area contributed by atoms with Crippen LogP contribution in [-0.4, -0.2) is 11.6 Å². The molecule has 0 atom stereocenters. The van der Waals surface area contributed by atoms with Crippen molar-refractivity contribution in [1.82, 2.24) is 4.98 Å². The monoisotopic (exact) mass is 238 g/mol. The third-order valence-electron chi connectivity index (χ3n) is 2.33. The van der Waals surface area contributed by atoms with Gasteiger partial charge in [-0.2, -0.15) is 0 Å². The van der Waals surface area contributed by atoms with Crippen LogP contribution in [0.25, 0.3) is 10.9 Å². The number of halogens is 1. The first-order chi connectivity index (χ1) is 7.20. The number of pyridine rings is 1. The smallest absolute Gasteiger partial charge is 0.127 e. The Balaban J connectivity index is 0.00000128. The van der Waals surface area contributed by atoms with Gasteiger partial charge in [0.15, 0.2) is 0 Å². The lowest BCUT2D eigenvalue weighted by Crippen LogP contribution is -1.95. The SMILES string of the molecule is CCOc1ccc2nc(N)c(C)cc2c1.Cl. The maximum atomic E-state index is 5.74. The molecule has 0 spiro atoms. The van der Waals surface area contributed by atoms with Gasteiger partial charge in [0, 0.05) is 5.39 Å². The molecule has 0 radical (unpaired) electrons. The van der Waals surface area contributed by atoms with E-state index in [-0.39, 0.29) is 12.4 Å². The summed E-state index contributed by atoms with van der Waals surface area (Å²) in [4.78, 5) is 4.30. The molecule has 1 aromatic heterocycles. The molecule has 0 aliphatic carbocycles. The lowest BCUT2D eigenvalue weighted by Gasteiger charge is -2.06. The first-order valence-corrected chi connectivity index (χ1v) is 5.00. The van der Waals surface area contributed by atoms with Gasteiger partial charge in [-0.15, -0.1) is 12.4 Å². The number of nitrogens with two attached hydrogens (primary N) is 1. The molecule has 0 saturated carbocycles. The molecule has 0 unspecified atom stereocenters. The molecule has 2 N–H and O–H groups in total. The summed E-state index contributed by atoms with van der Waals surface area (Å²) >= 11 is 0. The van der Waals surface area contributed by atoms with Gasteiger partial charge in [0.2, 0.25) is 0 Å². The maximum absolute atomic E-state index is 5.74. The third kappa shape index (κ3) is 2.36. The molecule has 1 aromatic carbocycles. The van der Waals surface area contributed by atoms with Gasteiger partial charge in [-0.05, 0) is 43.7 Å². The van der Waals surface area contributed by atoms with Crippen LogP contribution in [0.15, 0.2) is 24.3 Å². The zero-order valence-electron chi connectivity index (χ0n) is 9.36. The fourth-order valence-corrected chi connectivity index (χ4v) is 1.53. The van der Waals surface area contributed by atoms with Crippen LogP contribution in [0, 0.1) is 6.92 Å². The van der Waals surface area contributed by atoms with Crippen LogP contribution in [-0.2, 0) is 0 Å². The van der Waals surface area contributed by atoms with E-state index in [0.717, 1.165) is 22.2 Å². The average molecular weight is 239 g/mol. The highest BCUT2D eigenvalue weighted by Gasteiger charge is 2.01. The summed E-state index contributed by atoms with van der Waals surface area (Å²) in [6.45, 7) is 4.60. The van der Waals surface area contributed by atoms with E-state index in [1.807, 2.05) is 38.1 Å². The second-order valence-corrected chi connectivity index (χ2v) is 3.48. The highest BCUT2D eigenvalue weighted by Crippen LogP contribution is 2.22. The Kier molecular flexibility index (Phi) is 3.96. The Morgan fingerprint density at radius 2 is 2.06 bits per heavy atom. The number of hydrogen-bond acceptors (Lipinski definition) is 3. The number of hydrogen-bond donors (Lipinski definition) is 1. The maximum Gasteiger partial charge on any atom is 0.127 e. The fraction of sp³-hybridized carbons (Fsp3) is 0.250. The molecule has 0 saturated heterocycles. The van der Waals surface area contributed by atoms with E-state index in [9.17, 15) is 0 Å². The van der Waals surface area contributed by atoms with Gasteiger partial charge in [-0.3, -0.25) is 0 Å². The Bertz CT molecular complexity index is 500. The van der Waals surface area contributed by atoms with E-state index >= 15 is 0 Å². The van der Waals surface area contributed by atoms with Crippen LogP contribution in [0.5, 0.6) is 5.75 Å². The van der Waals surface area contributed by atoms with Gasteiger partial charge >= 0.3 is 0 Å². The zero-order valence-corrected chi connectivity index (χ0v) is 10.2. The summed E-state index contributed by atoms with van der Waals surface area (Å²) in [5.74, 6) is 1.46. The molecule has 0 amide bonds. The lowest BCUT2D eigenvalue weighted by atomic mass is 10.1. The largest absolute Gasteiger partial charge is 0.494 e. The number of aryl methyl sites for hydroxylation is 1. The van der Waals surface area contributed by atoms with Gasteiger partial charge in [-0.1, -0.05) is 0 Å². The molecule has 0 fully saturated rings. The molecule has 16 heavy (non-hydrogen) atoms. The van der Waals surface area contributed by atoms with Gasteiger partial charge in [0.1, 0.15) is 11.6 Å². The average Bonchev–Trinajstić information content (AvgIpc) is 2.21. The van der Waals surface area contributed by atoms with Crippen molar-refractivity contribution >= 4 is 29.1 Å². The van der Waals surface area contributed by atoms with Crippen molar-refractivity contribution in [2.75, 3.05) is 12.3 Å². The van der Waals surface area contributed by atoms with E-state index in [2.05, 4.69) is 4.98 Å². The van der Waals surface area contributed by atoms with E-state index in [1.165, 1.54) is 0 Å². The van der Waals surface area contributed by atoms with Crippen molar-refractivity contribution in [1.29, 1.82) is 0 Å². The highest BCUT2D eigenvalue weighted by molar-refractivity contribution is 5.85. The van der Waals surface area contributed by atoms with Crippen molar-refractivity contribution in [3.63, 3.8) is 0 Å². The van der Waals surface area contributed by atoms with E-state index < -0.39 is 0 Å². The van der Waals surface area contributed by atoms with Gasteiger partial charge < -0.3 is 10.5 Å². The van der Waals surface area contributed by atoms with Gasteiger partial charge in [-0.25, -0.2) is 4.98 Å². The molecular weight excluding hydrogens is 224 g/mol. The van der Waals surface area contributed by atoms with Crippen molar-refractivity contribution in [3.8, 4) is 5.75 Å². The number of benzene rings is 1. The van der Waals surface area contributed by atoms with Crippen LogP contribution in [0.3, 0.4) is 0 Å². The van der Waals surface area contributed by atoms with Crippen molar-refractivity contribution in [2.24, 2.45) is 0 Å². The van der Waals surface area contributed by atoms with E-state index in [0.29, 0.717) is 12.4 Å². The van der Waals surface area contributed by atoms with Crippen LogP contribution in [0.1, 0.15) is 12.5 Å². The quantitative estimate of drug-likeness (QED) is 0.875. The van der Waals surface area contributed by atoms with Crippen molar-refractivity contribution < 1.29 is 4.74 Å². The Hall–Kier alpha value is -1.48. The molecular formula is C12H15ClN2O. The van der Waals surface area contributed by atoms with Crippen LogP contribution in [0.2, 0.25) is 0 Å². The fourth-order valence-electron chi connectivity index (χ4n) is 1.53. The Labute approximate surface area is 101 Å². The Morgan fingerprint density at radius 3 is 2.75 bits per heavy atom. The van der Waals surface area contributed by atoms with Crippen molar-refractivity contribution in [2.45, 2.75) is 13.8 Å². The minimum atomic E-state index is 0. The highest BCUT2D eigenvalue weighted by atomic mass is 35.5. The standard InChI is InChI=1S/C12H14N2O.ClH/c1-3-15-10-4-5-11-9(7-10)6-8(2)12(13)14-11;/h4-7H,3H2,1-2H3,(H2,13,14);1H. The number of fused-ring (bicyclic) bond motifs is 1. The third-order valence-corrected chi connectivity index (χ3v) is 2.33. The summed E-state index contributed by atoms with van der Waals surface area (Å²) < 4.78 is 5.43. The normalized spacial score (nSPS) is 9.88. The van der Waals surface area contributed by atoms with E-state index in [4.69, 9.17) is 10.5 Å². The van der Waals surface area contributed by atoms with E-state index in [1.54, 1.807) is 0 Å². The predicted molar refractivity (Wildman–Crippen MR) is 69.3 cm³/mol. The lowest BCUT2D eigenvalue weighted by molar-refractivity contribution is 0.340. The number of nitrogen functional groups attached to an aromatic ring is 1. The first-order valence-electron chi connectivity index (χ1n) is 5.00. The number of ether oxygens (including phenoxy) is 1. The molecule has 0 aliphatic heterocycles. The zero-order chi connectivity index (χ0) is 10.8. The molecule has 4 heteroatoms. The number of anilines is 1. The summed E-state index contributed by atoms with van der Waals surface area (Å²) in [7, 11) is 0. The number of nitrogens with zero attached hydrogens (tertiary/aromatic N) is 1. The molecule has 2 rings (SSSR count). The number of aromatic nitrogens is 1. The van der Waals surface area contributed by atoms with Crippen LogP contribution in [0.4, 0.5) is 5.82 Å². The predicted octanol–water partition coefficient (Wildman–Crippen LogP) is 2.95. The minimum absolute atomic E-state index is 0. The number of rotatable bonds is 2. The summed E-state index contributed by atoms with van der Waals surface area (Å²) in [5.41, 5.74) is 7.64. The summed E-state index contributed by atoms with van der Waals surface area (Å²) in [5, 5.41) is 1.06. The van der Waals surface area contributed by atoms with Crippen molar-refractivity contribution in [3.05, 3.63) is 29.8 Å². The first kappa shape index (κ1) is 12.6. The molecule has 86 valence electrons. The topological polar surface area (TPSA) is 48.1 Å². The summed E-state index contributed by atoms with van der Waals surface area (Å²) in [6, 6.07) is 7.85. The second kappa shape index (κ2) is 5.03. The van der Waals surface area contributed by atoms with Crippen LogP contribution >= 0.6 is 12.4 Å². The molecule has 2 aromatic rings. The van der Waals surface area contributed by atoms with Gasteiger partial charge in [0.05, 0.1) is 12.1 Å². The van der Waals surface area contributed by atoms with Gasteiger partial charge in [0.25, 0.3) is 0 Å². The summed E-state index contributed by atoms with van der Waals surface area (Å²) in [6.07, 6.45) is 0. The molecule has 3 nitrogen and oxygen atoms in total. The molecule has 1 heterocycles.